The van der Waals surface area contributed by atoms with Crippen LogP contribution < -0.4 is 36.4 Å². The SMILES string of the molecule is CCCCCCC(=O)[O-].CCCCCCCCCc1ccccc1.[CH2+]Cc1ccccc1.[Cl-].[Li+]. The molecule has 0 fully saturated rings. The first-order valence-corrected chi connectivity index (χ1v) is 12.7. The number of unbranched alkanes of at least 4 members (excludes halogenated alkanes) is 9. The van der Waals surface area contributed by atoms with Crippen molar-refractivity contribution in [2.75, 3.05) is 0 Å². The van der Waals surface area contributed by atoms with Crippen molar-refractivity contribution in [3.63, 3.8) is 0 Å². The molecular formula is C30H46ClLiO2. The van der Waals surface area contributed by atoms with Crippen LogP contribution in [0.2, 0.25) is 0 Å². The standard InChI is InChI=1S/C15H24.C8H9.C7H14O2.ClH.Li/c1-2-3-4-5-6-7-9-12-15-13-10-8-11-14-15;1-2-8-6-4-3-5-7-8;1-2-3-4-5-6-7(8)9;;/h8,10-11,13-14H,2-7,9,12H2,1H3;3-7H,1-2H2;2-6H2,1H3,(H,8,9);1H;/q;+1;;;+1/p-2. The average Bonchev–Trinajstić information content (AvgIpc) is 2.83. The fourth-order valence-electron chi connectivity index (χ4n) is 3.27. The number of halogens is 1. The molecule has 2 rings (SSSR count). The quantitative estimate of drug-likeness (QED) is 0.235. The minimum absolute atomic E-state index is 0. The second-order valence-corrected chi connectivity index (χ2v) is 8.28. The topological polar surface area (TPSA) is 40.1 Å². The molecule has 0 aromatic heterocycles. The van der Waals surface area contributed by atoms with Gasteiger partial charge in [-0.1, -0.05) is 132 Å². The van der Waals surface area contributed by atoms with Gasteiger partial charge in [-0.25, -0.2) is 0 Å². The molecule has 0 atom stereocenters. The zero-order valence-electron chi connectivity index (χ0n) is 22.1. The van der Waals surface area contributed by atoms with E-state index in [1.807, 2.05) is 18.2 Å². The first-order valence-electron chi connectivity index (χ1n) is 12.7. The second-order valence-electron chi connectivity index (χ2n) is 8.28. The molecule has 0 N–H and O–H groups in total. The Labute approximate surface area is 228 Å². The van der Waals surface area contributed by atoms with E-state index >= 15 is 0 Å². The summed E-state index contributed by atoms with van der Waals surface area (Å²) in [6.45, 7) is 8.13. The summed E-state index contributed by atoms with van der Waals surface area (Å²) in [6, 6.07) is 21.1. The van der Waals surface area contributed by atoms with Crippen LogP contribution >= 0.6 is 0 Å². The van der Waals surface area contributed by atoms with Crippen molar-refractivity contribution >= 4 is 5.97 Å². The van der Waals surface area contributed by atoms with Gasteiger partial charge in [0.1, 0.15) is 6.42 Å². The monoisotopic (exact) mass is 480 g/mol. The fourth-order valence-corrected chi connectivity index (χ4v) is 3.27. The molecule has 0 amide bonds. The van der Waals surface area contributed by atoms with Crippen LogP contribution in [0.3, 0.4) is 0 Å². The Balaban J connectivity index is -0.000000439. The molecule has 34 heavy (non-hydrogen) atoms. The van der Waals surface area contributed by atoms with Crippen molar-refractivity contribution in [3.8, 4) is 0 Å². The van der Waals surface area contributed by atoms with Crippen LogP contribution in [0.25, 0.3) is 0 Å². The molecule has 0 spiro atoms. The number of carbonyl (C=O) groups excluding carboxylic acids is 1. The van der Waals surface area contributed by atoms with Crippen LogP contribution in [0.4, 0.5) is 0 Å². The molecule has 0 unspecified atom stereocenters. The van der Waals surface area contributed by atoms with Crippen molar-refractivity contribution in [3.05, 3.63) is 78.7 Å². The molecule has 0 bridgehead atoms. The molecule has 186 valence electrons. The van der Waals surface area contributed by atoms with Crippen LogP contribution in [0.15, 0.2) is 60.7 Å². The van der Waals surface area contributed by atoms with Gasteiger partial charge in [-0.05, 0) is 36.8 Å². The van der Waals surface area contributed by atoms with Gasteiger partial charge in [0, 0.05) is 5.97 Å². The van der Waals surface area contributed by atoms with Crippen molar-refractivity contribution in [2.24, 2.45) is 0 Å². The predicted molar refractivity (Wildman–Crippen MR) is 137 cm³/mol. The van der Waals surface area contributed by atoms with Crippen molar-refractivity contribution < 1.29 is 41.2 Å². The van der Waals surface area contributed by atoms with Crippen LogP contribution in [-0.4, -0.2) is 5.97 Å². The fraction of sp³-hybridized carbons (Fsp3) is 0.533. The Morgan fingerprint density at radius 2 is 1.09 bits per heavy atom. The summed E-state index contributed by atoms with van der Waals surface area (Å²) in [5, 5.41) is 9.85. The van der Waals surface area contributed by atoms with E-state index in [0.717, 1.165) is 32.1 Å². The minimum Gasteiger partial charge on any atom is -1.00 e. The van der Waals surface area contributed by atoms with Gasteiger partial charge < -0.3 is 22.3 Å². The molecule has 0 aliphatic carbocycles. The zero-order valence-corrected chi connectivity index (χ0v) is 22.8. The number of rotatable bonds is 14. The van der Waals surface area contributed by atoms with E-state index in [-0.39, 0.29) is 37.7 Å². The predicted octanol–water partition coefficient (Wildman–Crippen LogP) is 1.76. The molecule has 0 heterocycles. The summed E-state index contributed by atoms with van der Waals surface area (Å²) >= 11 is 0. The molecule has 2 aromatic rings. The molecule has 0 aliphatic rings. The smallest absolute Gasteiger partial charge is 1.00 e. The van der Waals surface area contributed by atoms with Gasteiger partial charge in [-0.2, -0.15) is 0 Å². The van der Waals surface area contributed by atoms with Gasteiger partial charge in [0.2, 0.25) is 0 Å². The third kappa shape index (κ3) is 26.9. The van der Waals surface area contributed by atoms with E-state index in [2.05, 4.69) is 63.2 Å². The van der Waals surface area contributed by atoms with Gasteiger partial charge in [-0.3, -0.25) is 0 Å². The number of hydrogen-bond acceptors (Lipinski definition) is 2. The first-order chi connectivity index (χ1) is 15.6. The van der Waals surface area contributed by atoms with E-state index in [4.69, 9.17) is 0 Å². The number of hydrogen-bond donors (Lipinski definition) is 0. The number of aryl methyl sites for hydroxylation is 1. The van der Waals surface area contributed by atoms with Gasteiger partial charge in [0.15, 0.2) is 0 Å². The molecule has 0 radical (unpaired) electrons. The molecular weight excluding hydrogens is 435 g/mol. The Morgan fingerprint density at radius 1 is 0.676 bits per heavy atom. The maximum atomic E-state index is 9.85. The Morgan fingerprint density at radius 3 is 1.50 bits per heavy atom. The summed E-state index contributed by atoms with van der Waals surface area (Å²) in [5.74, 6) is -0.925. The summed E-state index contributed by atoms with van der Waals surface area (Å²) < 4.78 is 0. The van der Waals surface area contributed by atoms with Crippen LogP contribution in [0.1, 0.15) is 102 Å². The Bertz CT molecular complexity index is 635. The van der Waals surface area contributed by atoms with E-state index < -0.39 is 5.97 Å². The third-order valence-corrected chi connectivity index (χ3v) is 5.28. The number of carboxylic acids is 1. The zero-order chi connectivity index (χ0) is 23.7. The largest absolute Gasteiger partial charge is 1.00 e. The van der Waals surface area contributed by atoms with Crippen LogP contribution in [-0.2, 0) is 17.6 Å². The maximum Gasteiger partial charge on any atom is 1.00 e. The second kappa shape index (κ2) is 29.7. The van der Waals surface area contributed by atoms with Crippen LogP contribution in [0, 0.1) is 6.92 Å². The number of benzene rings is 2. The Kier molecular flexibility index (Phi) is 32.5. The van der Waals surface area contributed by atoms with Crippen molar-refractivity contribution in [1.29, 1.82) is 0 Å². The van der Waals surface area contributed by atoms with Gasteiger partial charge in [-0.15, -0.1) is 0 Å². The first kappa shape index (κ1) is 37.2. The third-order valence-electron chi connectivity index (χ3n) is 5.28. The maximum absolute atomic E-state index is 9.85. The molecule has 0 aliphatic heterocycles. The van der Waals surface area contributed by atoms with E-state index in [1.54, 1.807) is 0 Å². The summed E-state index contributed by atoms with van der Waals surface area (Å²) in [7, 11) is 0. The van der Waals surface area contributed by atoms with E-state index in [1.165, 1.54) is 62.5 Å². The molecule has 2 aromatic carbocycles. The van der Waals surface area contributed by atoms with Gasteiger partial charge in [0.25, 0.3) is 0 Å². The van der Waals surface area contributed by atoms with Crippen molar-refractivity contribution in [2.45, 2.75) is 104 Å². The average molecular weight is 481 g/mol. The summed E-state index contributed by atoms with van der Waals surface area (Å²) in [5.41, 5.74) is 2.79. The molecule has 4 heteroatoms. The van der Waals surface area contributed by atoms with Gasteiger partial charge >= 0.3 is 18.9 Å². The number of carboxylic acid groups (broad SMARTS) is 1. The van der Waals surface area contributed by atoms with Gasteiger partial charge in [0.05, 0.1) is 6.92 Å². The summed E-state index contributed by atoms with van der Waals surface area (Å²) in [4.78, 5) is 9.85. The normalized spacial score (nSPS) is 9.24. The Hall–Kier alpha value is -1.33. The van der Waals surface area contributed by atoms with E-state index in [0.29, 0.717) is 0 Å². The number of aliphatic carboxylic acids is 1. The molecule has 0 saturated heterocycles. The van der Waals surface area contributed by atoms with Crippen molar-refractivity contribution in [1.82, 2.24) is 0 Å². The molecule has 0 saturated carbocycles. The van der Waals surface area contributed by atoms with Crippen LogP contribution in [0.5, 0.6) is 0 Å². The number of carbonyl (C=O) groups is 1. The van der Waals surface area contributed by atoms with E-state index in [9.17, 15) is 9.90 Å². The molecule has 2 nitrogen and oxygen atoms in total. The minimum atomic E-state index is -0.925. The summed E-state index contributed by atoms with van der Waals surface area (Å²) in [6.07, 6.45) is 16.3.